The van der Waals surface area contributed by atoms with E-state index < -0.39 is 8.80 Å². The summed E-state index contributed by atoms with van der Waals surface area (Å²) in [6, 6.07) is 26.7. The molecular formula is C23H29NSi. The Hall–Kier alpha value is -1.90. The summed E-state index contributed by atoms with van der Waals surface area (Å²) in [6.07, 6.45) is 0. The molecule has 0 amide bonds. The van der Waals surface area contributed by atoms with Crippen LogP contribution in [0.15, 0.2) is 72.8 Å². The van der Waals surface area contributed by atoms with Crippen molar-refractivity contribution >= 4 is 19.6 Å². The second-order valence-electron chi connectivity index (χ2n) is 7.17. The van der Waals surface area contributed by atoms with Crippen LogP contribution >= 0.6 is 0 Å². The minimum Gasteiger partial charge on any atom is -0.317 e. The molecule has 0 fully saturated rings. The SMILES string of the molecule is CCNC[C@@H](C(c1ccccc1)c1cccc2ccccc12)[SiH](C)C. The van der Waals surface area contributed by atoms with Crippen molar-refractivity contribution in [2.24, 2.45) is 0 Å². The van der Waals surface area contributed by atoms with Crippen LogP contribution in [0.4, 0.5) is 0 Å². The molecule has 2 atom stereocenters. The average molecular weight is 348 g/mol. The van der Waals surface area contributed by atoms with E-state index in [-0.39, 0.29) is 0 Å². The van der Waals surface area contributed by atoms with Crippen LogP contribution in [-0.4, -0.2) is 21.9 Å². The van der Waals surface area contributed by atoms with Gasteiger partial charge in [0.2, 0.25) is 0 Å². The van der Waals surface area contributed by atoms with E-state index >= 15 is 0 Å². The molecule has 0 heterocycles. The topological polar surface area (TPSA) is 12.0 Å². The van der Waals surface area contributed by atoms with Gasteiger partial charge in [-0.2, -0.15) is 0 Å². The van der Waals surface area contributed by atoms with Crippen molar-refractivity contribution in [2.75, 3.05) is 13.1 Å². The van der Waals surface area contributed by atoms with Crippen LogP contribution in [0.3, 0.4) is 0 Å². The zero-order valence-corrected chi connectivity index (χ0v) is 16.7. The number of hydrogen-bond acceptors (Lipinski definition) is 1. The molecule has 0 spiro atoms. The van der Waals surface area contributed by atoms with Gasteiger partial charge >= 0.3 is 0 Å². The first-order chi connectivity index (χ1) is 12.2. The fourth-order valence-electron chi connectivity index (χ4n) is 3.89. The largest absolute Gasteiger partial charge is 0.317 e. The minimum absolute atomic E-state index is 0.456. The standard InChI is InChI=1S/C23H29NSi/c1-4-24-17-22(25(2)3)23(19-12-6-5-7-13-19)21-16-10-14-18-11-8-9-15-20(18)21/h5-16,22-25H,4,17H2,1-3H3/t22-,23?/m0/s1. The summed E-state index contributed by atoms with van der Waals surface area (Å²) < 4.78 is 0. The molecule has 1 nitrogen and oxygen atoms in total. The third kappa shape index (κ3) is 4.02. The number of benzene rings is 3. The average Bonchev–Trinajstić information content (AvgIpc) is 2.65. The maximum atomic E-state index is 3.63. The van der Waals surface area contributed by atoms with E-state index in [0.717, 1.165) is 13.1 Å². The quantitative estimate of drug-likeness (QED) is 0.561. The highest BCUT2D eigenvalue weighted by Crippen LogP contribution is 2.40. The molecule has 25 heavy (non-hydrogen) atoms. The molecule has 0 aromatic heterocycles. The lowest BCUT2D eigenvalue weighted by Gasteiger charge is -2.32. The van der Waals surface area contributed by atoms with Gasteiger partial charge in [-0.05, 0) is 40.5 Å². The number of rotatable bonds is 7. The van der Waals surface area contributed by atoms with Gasteiger partial charge in [-0.25, -0.2) is 0 Å². The summed E-state index contributed by atoms with van der Waals surface area (Å²) in [5.74, 6) is 0.456. The lowest BCUT2D eigenvalue weighted by Crippen LogP contribution is -2.31. The highest BCUT2D eigenvalue weighted by molar-refractivity contribution is 6.57. The van der Waals surface area contributed by atoms with Crippen molar-refractivity contribution in [2.45, 2.75) is 31.5 Å². The maximum absolute atomic E-state index is 3.63. The predicted molar refractivity (Wildman–Crippen MR) is 113 cm³/mol. The molecule has 0 saturated heterocycles. The van der Waals surface area contributed by atoms with Gasteiger partial charge in [-0.3, -0.25) is 0 Å². The van der Waals surface area contributed by atoms with Crippen LogP contribution in [0.25, 0.3) is 10.8 Å². The van der Waals surface area contributed by atoms with Gasteiger partial charge in [-0.1, -0.05) is 92.8 Å². The zero-order chi connectivity index (χ0) is 17.6. The minimum atomic E-state index is -0.857. The predicted octanol–water partition coefficient (Wildman–Crippen LogP) is 5.44. The highest BCUT2D eigenvalue weighted by Gasteiger charge is 2.28. The first kappa shape index (κ1) is 17.9. The van der Waals surface area contributed by atoms with Gasteiger partial charge in [0, 0.05) is 14.7 Å². The molecular weight excluding hydrogens is 318 g/mol. The van der Waals surface area contributed by atoms with Crippen LogP contribution in [0.5, 0.6) is 0 Å². The normalized spacial score (nSPS) is 13.9. The molecule has 1 unspecified atom stereocenters. The Morgan fingerprint density at radius 3 is 2.24 bits per heavy atom. The van der Waals surface area contributed by atoms with E-state index in [2.05, 4.69) is 98.1 Å². The second-order valence-corrected chi connectivity index (χ2v) is 10.5. The van der Waals surface area contributed by atoms with Crippen LogP contribution in [0, 0.1) is 0 Å². The van der Waals surface area contributed by atoms with Gasteiger partial charge < -0.3 is 5.32 Å². The summed E-state index contributed by atoms with van der Waals surface area (Å²) in [4.78, 5) is 0. The fraction of sp³-hybridized carbons (Fsp3) is 0.304. The van der Waals surface area contributed by atoms with Crippen molar-refractivity contribution in [1.82, 2.24) is 5.32 Å². The molecule has 0 aliphatic heterocycles. The van der Waals surface area contributed by atoms with E-state index in [9.17, 15) is 0 Å². The number of nitrogens with one attached hydrogen (secondary N) is 1. The second kappa shape index (κ2) is 8.46. The van der Waals surface area contributed by atoms with Gasteiger partial charge in [-0.15, -0.1) is 0 Å². The molecule has 3 aromatic rings. The van der Waals surface area contributed by atoms with Crippen molar-refractivity contribution in [1.29, 1.82) is 0 Å². The molecule has 2 heteroatoms. The third-order valence-electron chi connectivity index (χ3n) is 5.23. The van der Waals surface area contributed by atoms with Gasteiger partial charge in [0.1, 0.15) is 0 Å². The van der Waals surface area contributed by atoms with Gasteiger partial charge in [0.15, 0.2) is 0 Å². The Bertz CT molecular complexity index is 792. The van der Waals surface area contributed by atoms with Gasteiger partial charge in [0.05, 0.1) is 0 Å². The Morgan fingerprint density at radius 1 is 0.840 bits per heavy atom. The van der Waals surface area contributed by atoms with Gasteiger partial charge in [0.25, 0.3) is 0 Å². The van der Waals surface area contributed by atoms with E-state index in [1.165, 1.54) is 21.9 Å². The molecule has 0 bridgehead atoms. The Kier molecular flexibility index (Phi) is 6.06. The van der Waals surface area contributed by atoms with E-state index in [1.807, 2.05) is 0 Å². The summed E-state index contributed by atoms with van der Waals surface area (Å²) in [5, 5.41) is 6.37. The van der Waals surface area contributed by atoms with Crippen molar-refractivity contribution in [3.05, 3.63) is 83.9 Å². The molecule has 130 valence electrons. The van der Waals surface area contributed by atoms with Crippen LogP contribution in [-0.2, 0) is 0 Å². The lowest BCUT2D eigenvalue weighted by molar-refractivity contribution is 0.620. The van der Waals surface area contributed by atoms with E-state index in [1.54, 1.807) is 0 Å². The molecule has 3 aromatic carbocycles. The summed E-state index contributed by atoms with van der Waals surface area (Å²) in [5.41, 5.74) is 3.62. The van der Waals surface area contributed by atoms with E-state index in [4.69, 9.17) is 0 Å². The highest BCUT2D eigenvalue weighted by atomic mass is 28.3. The van der Waals surface area contributed by atoms with Crippen molar-refractivity contribution in [3.8, 4) is 0 Å². The van der Waals surface area contributed by atoms with Crippen molar-refractivity contribution in [3.63, 3.8) is 0 Å². The molecule has 1 N–H and O–H groups in total. The summed E-state index contributed by atoms with van der Waals surface area (Å²) >= 11 is 0. The monoisotopic (exact) mass is 347 g/mol. The molecule has 0 saturated carbocycles. The zero-order valence-electron chi connectivity index (χ0n) is 15.6. The lowest BCUT2D eigenvalue weighted by atomic mass is 9.85. The fourth-order valence-corrected chi connectivity index (χ4v) is 5.73. The van der Waals surface area contributed by atoms with Crippen molar-refractivity contribution < 1.29 is 0 Å². The van der Waals surface area contributed by atoms with E-state index in [0.29, 0.717) is 11.5 Å². The molecule has 3 rings (SSSR count). The maximum Gasteiger partial charge on any atom is 0.0364 e. The Balaban J connectivity index is 2.16. The number of hydrogen-bond donors (Lipinski definition) is 1. The molecule has 0 aliphatic rings. The smallest absolute Gasteiger partial charge is 0.0364 e. The summed E-state index contributed by atoms with van der Waals surface area (Å²) in [7, 11) is -0.857. The first-order valence-corrected chi connectivity index (χ1v) is 12.4. The van der Waals surface area contributed by atoms with Crippen LogP contribution in [0.2, 0.25) is 18.6 Å². The summed E-state index contributed by atoms with van der Waals surface area (Å²) in [6.45, 7) is 9.32. The molecule has 0 aliphatic carbocycles. The van der Waals surface area contributed by atoms with Crippen LogP contribution < -0.4 is 5.32 Å². The van der Waals surface area contributed by atoms with Crippen LogP contribution in [0.1, 0.15) is 24.0 Å². The number of fused-ring (bicyclic) bond motifs is 1. The molecule has 0 radical (unpaired) electrons. The Labute approximate surface area is 153 Å². The first-order valence-electron chi connectivity index (χ1n) is 9.45. The Morgan fingerprint density at radius 2 is 1.52 bits per heavy atom. The third-order valence-corrected chi connectivity index (χ3v) is 7.56.